The highest BCUT2D eigenvalue weighted by molar-refractivity contribution is 5.22. The number of rotatable bonds is 8. The zero-order valence-corrected chi connectivity index (χ0v) is 14.8. The summed E-state index contributed by atoms with van der Waals surface area (Å²) in [6.07, 6.45) is 16.8. The van der Waals surface area contributed by atoms with Gasteiger partial charge >= 0.3 is 0 Å². The number of hydrogen-bond acceptors (Lipinski definition) is 1. The lowest BCUT2D eigenvalue weighted by atomic mass is 9.79. The van der Waals surface area contributed by atoms with Gasteiger partial charge in [0, 0.05) is 0 Å². The van der Waals surface area contributed by atoms with Crippen molar-refractivity contribution in [3.8, 4) is 0 Å². The average molecular weight is 312 g/mol. The summed E-state index contributed by atoms with van der Waals surface area (Å²) in [5.74, 6) is 1.78. The highest BCUT2D eigenvalue weighted by Crippen LogP contribution is 2.32. The van der Waals surface area contributed by atoms with Gasteiger partial charge in [-0.15, -0.1) is 0 Å². The van der Waals surface area contributed by atoms with Gasteiger partial charge in [0.2, 0.25) is 0 Å². The highest BCUT2D eigenvalue weighted by atomic mass is 16.5. The van der Waals surface area contributed by atoms with E-state index < -0.39 is 0 Å². The van der Waals surface area contributed by atoms with Crippen molar-refractivity contribution < 1.29 is 4.74 Å². The Balaban J connectivity index is 1.68. The first kappa shape index (κ1) is 18.0. The lowest BCUT2D eigenvalue weighted by Gasteiger charge is -2.26. The Hall–Kier alpha value is -1.34. The van der Waals surface area contributed by atoms with E-state index in [0.717, 1.165) is 11.8 Å². The van der Waals surface area contributed by atoms with Gasteiger partial charge in [0.15, 0.2) is 0 Å². The fourth-order valence-electron chi connectivity index (χ4n) is 3.46. The van der Waals surface area contributed by atoms with E-state index in [4.69, 9.17) is 4.74 Å². The van der Waals surface area contributed by atoms with Crippen LogP contribution in [0.1, 0.15) is 57.1 Å². The second-order valence-corrected chi connectivity index (χ2v) is 6.75. The molecular formula is C22H32O. The van der Waals surface area contributed by atoms with Crippen LogP contribution < -0.4 is 0 Å². The summed E-state index contributed by atoms with van der Waals surface area (Å²) in [5, 5.41) is 0. The van der Waals surface area contributed by atoms with Crippen LogP contribution in [0.3, 0.4) is 0 Å². The largest absolute Gasteiger partial charge is 0.373 e. The second-order valence-electron chi connectivity index (χ2n) is 6.75. The summed E-state index contributed by atoms with van der Waals surface area (Å²) in [6.45, 7) is 5.57. The lowest BCUT2D eigenvalue weighted by molar-refractivity contribution is 0.148. The van der Waals surface area contributed by atoms with Crippen LogP contribution in [0.5, 0.6) is 0 Å². The molecule has 1 fully saturated rings. The van der Waals surface area contributed by atoms with E-state index in [9.17, 15) is 0 Å². The summed E-state index contributed by atoms with van der Waals surface area (Å²) in [5.41, 5.74) is 2.74. The van der Waals surface area contributed by atoms with Gasteiger partial charge in [0.05, 0.1) is 13.2 Å². The monoisotopic (exact) mass is 312 g/mol. The van der Waals surface area contributed by atoms with Crippen molar-refractivity contribution >= 4 is 0 Å². The average Bonchev–Trinajstić information content (AvgIpc) is 2.59. The first-order valence-corrected chi connectivity index (χ1v) is 9.21. The maximum Gasteiger partial charge on any atom is 0.0721 e. The third-order valence-corrected chi connectivity index (χ3v) is 4.94. The maximum atomic E-state index is 5.59. The molecule has 0 N–H and O–H groups in total. The molecule has 0 spiro atoms. The van der Waals surface area contributed by atoms with Crippen molar-refractivity contribution in [2.75, 3.05) is 6.61 Å². The van der Waals surface area contributed by atoms with Crippen LogP contribution in [0, 0.1) is 11.8 Å². The molecule has 0 heterocycles. The molecule has 0 saturated heterocycles. The van der Waals surface area contributed by atoms with Crippen molar-refractivity contribution in [3.63, 3.8) is 0 Å². The van der Waals surface area contributed by atoms with Gasteiger partial charge in [-0.05, 0) is 75.3 Å². The molecule has 1 aromatic carbocycles. The van der Waals surface area contributed by atoms with Gasteiger partial charge in [0.1, 0.15) is 0 Å². The molecule has 126 valence electrons. The lowest BCUT2D eigenvalue weighted by Crippen LogP contribution is -2.13. The van der Waals surface area contributed by atoms with Gasteiger partial charge in [-0.3, -0.25) is 0 Å². The molecule has 0 radical (unpaired) electrons. The van der Waals surface area contributed by atoms with E-state index in [-0.39, 0.29) is 0 Å². The summed E-state index contributed by atoms with van der Waals surface area (Å²) >= 11 is 0. The Morgan fingerprint density at radius 3 is 2.30 bits per heavy atom. The van der Waals surface area contributed by atoms with Gasteiger partial charge in [-0.2, -0.15) is 0 Å². The Morgan fingerprint density at radius 2 is 1.65 bits per heavy atom. The molecule has 0 aliphatic heterocycles. The molecule has 0 amide bonds. The van der Waals surface area contributed by atoms with E-state index in [1.54, 1.807) is 0 Å². The molecule has 1 nitrogen and oxygen atoms in total. The molecule has 1 saturated carbocycles. The van der Waals surface area contributed by atoms with E-state index in [2.05, 4.69) is 43.3 Å². The predicted octanol–water partition coefficient (Wildman–Crippen LogP) is 6.09. The number of allylic oxidation sites excluding steroid dienone is 3. The molecule has 2 rings (SSSR count). The van der Waals surface area contributed by atoms with Crippen molar-refractivity contribution in [3.05, 3.63) is 59.7 Å². The minimum absolute atomic E-state index is 0.703. The summed E-state index contributed by atoms with van der Waals surface area (Å²) in [4.78, 5) is 0. The van der Waals surface area contributed by atoms with Crippen molar-refractivity contribution in [2.24, 2.45) is 11.8 Å². The van der Waals surface area contributed by atoms with Crippen molar-refractivity contribution in [1.82, 2.24) is 0 Å². The standard InChI is InChI=1S/C22H32O/c1-3-5-17-23-18-22-15-13-21(14-16-22)12-11-20-9-7-19(6-4-2)8-10-20/h3-6,13-16,19-20H,7-12,17-18H2,1-2H3. The van der Waals surface area contributed by atoms with Crippen LogP contribution in [-0.4, -0.2) is 6.61 Å². The van der Waals surface area contributed by atoms with Gasteiger partial charge in [-0.1, -0.05) is 48.6 Å². The normalized spacial score (nSPS) is 22.2. The smallest absolute Gasteiger partial charge is 0.0721 e. The van der Waals surface area contributed by atoms with Crippen LogP contribution in [0.4, 0.5) is 0 Å². The minimum Gasteiger partial charge on any atom is -0.373 e. The first-order chi connectivity index (χ1) is 11.3. The van der Waals surface area contributed by atoms with Gasteiger partial charge < -0.3 is 4.74 Å². The van der Waals surface area contributed by atoms with Crippen molar-refractivity contribution in [1.29, 1.82) is 0 Å². The fourth-order valence-corrected chi connectivity index (χ4v) is 3.46. The highest BCUT2D eigenvalue weighted by Gasteiger charge is 2.18. The summed E-state index contributed by atoms with van der Waals surface area (Å²) in [7, 11) is 0. The molecule has 1 aliphatic carbocycles. The Bertz CT molecular complexity index is 475. The summed E-state index contributed by atoms with van der Waals surface area (Å²) in [6, 6.07) is 8.99. The number of benzene rings is 1. The molecule has 0 atom stereocenters. The minimum atomic E-state index is 0.703. The summed E-state index contributed by atoms with van der Waals surface area (Å²) < 4.78 is 5.59. The van der Waals surface area contributed by atoms with Crippen LogP contribution in [0.15, 0.2) is 48.6 Å². The Labute approximate surface area is 142 Å². The third-order valence-electron chi connectivity index (χ3n) is 4.94. The van der Waals surface area contributed by atoms with Crippen LogP contribution in [-0.2, 0) is 17.8 Å². The number of ether oxygens (including phenoxy) is 1. The van der Waals surface area contributed by atoms with Crippen molar-refractivity contribution in [2.45, 2.75) is 59.0 Å². The van der Waals surface area contributed by atoms with E-state index in [1.165, 1.54) is 49.7 Å². The first-order valence-electron chi connectivity index (χ1n) is 9.21. The van der Waals surface area contributed by atoms with Crippen LogP contribution >= 0.6 is 0 Å². The fraction of sp³-hybridized carbons (Fsp3) is 0.545. The predicted molar refractivity (Wildman–Crippen MR) is 99.5 cm³/mol. The van der Waals surface area contributed by atoms with E-state index in [0.29, 0.717) is 13.2 Å². The number of hydrogen-bond donors (Lipinski definition) is 0. The zero-order chi connectivity index (χ0) is 16.3. The van der Waals surface area contributed by atoms with Gasteiger partial charge in [0.25, 0.3) is 0 Å². The third kappa shape index (κ3) is 6.74. The SMILES string of the molecule is CC=CCOCc1ccc(CCC2CCC(C=CC)CC2)cc1. The zero-order valence-electron chi connectivity index (χ0n) is 14.8. The molecule has 0 aromatic heterocycles. The Kier molecular flexibility index (Phi) is 8.17. The molecule has 1 heteroatoms. The molecule has 1 aromatic rings. The number of aryl methyl sites for hydroxylation is 1. The second kappa shape index (κ2) is 10.4. The van der Waals surface area contributed by atoms with Crippen LogP contribution in [0.25, 0.3) is 0 Å². The molecular weight excluding hydrogens is 280 g/mol. The quantitative estimate of drug-likeness (QED) is 0.416. The molecule has 0 bridgehead atoms. The van der Waals surface area contributed by atoms with E-state index in [1.807, 2.05) is 19.1 Å². The van der Waals surface area contributed by atoms with E-state index >= 15 is 0 Å². The topological polar surface area (TPSA) is 9.23 Å². The van der Waals surface area contributed by atoms with Crippen LogP contribution in [0.2, 0.25) is 0 Å². The molecule has 23 heavy (non-hydrogen) atoms. The Morgan fingerprint density at radius 1 is 0.957 bits per heavy atom. The maximum absolute atomic E-state index is 5.59. The van der Waals surface area contributed by atoms with Gasteiger partial charge in [-0.25, -0.2) is 0 Å². The molecule has 0 unspecified atom stereocenters. The molecule has 1 aliphatic rings.